The van der Waals surface area contributed by atoms with Crippen molar-refractivity contribution in [2.45, 2.75) is 55.4 Å². The summed E-state index contributed by atoms with van der Waals surface area (Å²) in [4.78, 5) is 17.1. The molecule has 0 spiro atoms. The molecule has 3 heterocycles. The second-order valence-electron chi connectivity index (χ2n) is 8.36. The molecule has 2 aliphatic heterocycles. The number of rotatable bonds is 7. The van der Waals surface area contributed by atoms with E-state index < -0.39 is 9.84 Å². The van der Waals surface area contributed by atoms with Gasteiger partial charge in [-0.1, -0.05) is 11.8 Å². The van der Waals surface area contributed by atoms with Gasteiger partial charge in [0, 0.05) is 31.2 Å². The normalized spacial score (nSPS) is 26.6. The van der Waals surface area contributed by atoms with E-state index >= 15 is 0 Å². The van der Waals surface area contributed by atoms with Crippen molar-refractivity contribution in [3.63, 3.8) is 0 Å². The van der Waals surface area contributed by atoms with Crippen molar-refractivity contribution >= 4 is 33.5 Å². The summed E-state index contributed by atoms with van der Waals surface area (Å²) < 4.78 is 31.4. The van der Waals surface area contributed by atoms with Crippen LogP contribution in [0.2, 0.25) is 0 Å². The van der Waals surface area contributed by atoms with Gasteiger partial charge in [0.25, 0.3) is 0 Å². The highest BCUT2D eigenvalue weighted by Crippen LogP contribution is 2.41. The predicted molar refractivity (Wildman–Crippen MR) is 109 cm³/mol. The molecule has 0 bridgehead atoms. The van der Waals surface area contributed by atoms with Crippen LogP contribution in [0.25, 0.3) is 0 Å². The van der Waals surface area contributed by atoms with E-state index in [2.05, 4.69) is 19.7 Å². The summed E-state index contributed by atoms with van der Waals surface area (Å²) in [6.07, 6.45) is 4.75. The van der Waals surface area contributed by atoms with E-state index in [0.717, 1.165) is 49.9 Å². The number of amides is 1. The molecule has 2 saturated heterocycles. The summed E-state index contributed by atoms with van der Waals surface area (Å²) in [5.74, 6) is 1.49. The molecule has 1 unspecified atom stereocenters. The van der Waals surface area contributed by atoms with Gasteiger partial charge in [0.05, 0.1) is 30.5 Å². The Morgan fingerprint density at radius 3 is 2.48 bits per heavy atom. The Balaban J connectivity index is 1.28. The molecular formula is C18H27N5O4S2. The van der Waals surface area contributed by atoms with Crippen molar-refractivity contribution in [3.8, 4) is 0 Å². The van der Waals surface area contributed by atoms with Crippen LogP contribution in [0.5, 0.6) is 0 Å². The highest BCUT2D eigenvalue weighted by molar-refractivity contribution is 7.99. The molecule has 2 aliphatic carbocycles. The van der Waals surface area contributed by atoms with E-state index in [1.54, 1.807) is 0 Å². The van der Waals surface area contributed by atoms with Gasteiger partial charge in [-0.3, -0.25) is 9.36 Å². The minimum atomic E-state index is -3.01. The second kappa shape index (κ2) is 7.73. The van der Waals surface area contributed by atoms with Crippen LogP contribution in [0.3, 0.4) is 0 Å². The zero-order chi connectivity index (χ0) is 20.0. The number of nitrogens with zero attached hydrogens (tertiary/aromatic N) is 5. The van der Waals surface area contributed by atoms with E-state index in [1.165, 1.54) is 11.8 Å². The molecule has 0 radical (unpaired) electrons. The maximum atomic E-state index is 13.0. The van der Waals surface area contributed by atoms with Crippen LogP contribution < -0.4 is 4.90 Å². The Hall–Kier alpha value is -1.33. The van der Waals surface area contributed by atoms with Gasteiger partial charge in [-0.2, -0.15) is 0 Å². The third-order valence-electron chi connectivity index (χ3n) is 6.01. The van der Waals surface area contributed by atoms with Gasteiger partial charge >= 0.3 is 0 Å². The molecule has 9 nitrogen and oxygen atoms in total. The fourth-order valence-electron chi connectivity index (χ4n) is 4.25. The van der Waals surface area contributed by atoms with Crippen molar-refractivity contribution in [3.05, 3.63) is 0 Å². The number of carbonyl (C=O) groups excluding carboxylic acids is 1. The summed E-state index contributed by atoms with van der Waals surface area (Å²) in [7, 11) is -3.01. The summed E-state index contributed by atoms with van der Waals surface area (Å²) in [5, 5.41) is 9.61. The van der Waals surface area contributed by atoms with Crippen molar-refractivity contribution < 1.29 is 17.9 Å². The fourth-order valence-corrected chi connectivity index (χ4v) is 6.83. The summed E-state index contributed by atoms with van der Waals surface area (Å²) in [6, 6.07) is 0.470. The quantitative estimate of drug-likeness (QED) is 0.571. The number of hydrogen-bond donors (Lipinski definition) is 0. The van der Waals surface area contributed by atoms with Crippen LogP contribution >= 0.6 is 11.8 Å². The number of carbonyl (C=O) groups is 1. The lowest BCUT2D eigenvalue weighted by molar-refractivity contribution is -0.130. The Bertz CT molecular complexity index is 875. The van der Waals surface area contributed by atoms with Gasteiger partial charge in [-0.05, 0) is 32.1 Å². The molecule has 5 rings (SSSR count). The monoisotopic (exact) mass is 441 g/mol. The first-order chi connectivity index (χ1) is 14.0. The summed E-state index contributed by atoms with van der Waals surface area (Å²) in [6.45, 7) is 3.00. The standard InChI is InChI=1S/C18H27N5O4S2/c24-16(22(13-1-2-13)15-5-10-29(25,26)12-15)11-28-18-20-19-17(23(18)14-3-4-14)21-6-8-27-9-7-21/h13-15H,1-12H2. The zero-order valence-electron chi connectivity index (χ0n) is 16.4. The first-order valence-electron chi connectivity index (χ1n) is 10.4. The molecule has 0 aromatic carbocycles. The van der Waals surface area contributed by atoms with Crippen molar-refractivity contribution in [2.24, 2.45) is 0 Å². The zero-order valence-corrected chi connectivity index (χ0v) is 18.0. The lowest BCUT2D eigenvalue weighted by Crippen LogP contribution is -2.43. The number of morpholine rings is 1. The maximum Gasteiger partial charge on any atom is 0.233 e. The number of aromatic nitrogens is 3. The lowest BCUT2D eigenvalue weighted by atomic mass is 10.2. The van der Waals surface area contributed by atoms with E-state index in [1.807, 2.05) is 4.90 Å². The van der Waals surface area contributed by atoms with Crippen molar-refractivity contribution in [1.82, 2.24) is 19.7 Å². The first-order valence-corrected chi connectivity index (χ1v) is 13.2. The average molecular weight is 442 g/mol. The average Bonchev–Trinajstić information content (AvgIpc) is 3.64. The highest BCUT2D eigenvalue weighted by atomic mass is 32.2. The molecule has 0 N–H and O–H groups in total. The van der Waals surface area contributed by atoms with E-state index in [0.29, 0.717) is 25.7 Å². The third-order valence-corrected chi connectivity index (χ3v) is 8.69. The van der Waals surface area contributed by atoms with Crippen molar-refractivity contribution in [1.29, 1.82) is 0 Å². The SMILES string of the molecule is O=C(CSc1nnc(N2CCOCC2)n1C1CC1)N(C1CC1)C1CCS(=O)(=O)C1. The van der Waals surface area contributed by atoms with Gasteiger partial charge < -0.3 is 14.5 Å². The van der Waals surface area contributed by atoms with E-state index in [4.69, 9.17) is 4.74 Å². The first kappa shape index (κ1) is 19.6. The van der Waals surface area contributed by atoms with Gasteiger partial charge in [-0.15, -0.1) is 10.2 Å². The molecule has 2 saturated carbocycles. The van der Waals surface area contributed by atoms with E-state index in [-0.39, 0.29) is 35.2 Å². The number of hydrogen-bond acceptors (Lipinski definition) is 8. The van der Waals surface area contributed by atoms with Crippen LogP contribution in [0.15, 0.2) is 5.16 Å². The number of thioether (sulfide) groups is 1. The summed E-state index contributed by atoms with van der Waals surface area (Å²) in [5.41, 5.74) is 0. The largest absolute Gasteiger partial charge is 0.378 e. The topological polar surface area (TPSA) is 97.6 Å². The second-order valence-corrected chi connectivity index (χ2v) is 11.5. The number of sulfone groups is 1. The molecule has 1 atom stereocenters. The van der Waals surface area contributed by atoms with Gasteiger partial charge in [0.15, 0.2) is 15.0 Å². The third kappa shape index (κ3) is 4.27. The van der Waals surface area contributed by atoms with Crippen LogP contribution in [0, 0.1) is 0 Å². The molecule has 1 aromatic heterocycles. The molecule has 11 heteroatoms. The van der Waals surface area contributed by atoms with Crippen LogP contribution in [0.1, 0.15) is 38.1 Å². The maximum absolute atomic E-state index is 13.0. The van der Waals surface area contributed by atoms with Gasteiger partial charge in [0.2, 0.25) is 11.9 Å². The molecule has 1 amide bonds. The number of ether oxygens (including phenoxy) is 1. The highest BCUT2D eigenvalue weighted by Gasteiger charge is 2.42. The smallest absolute Gasteiger partial charge is 0.233 e. The van der Waals surface area contributed by atoms with Gasteiger partial charge in [0.1, 0.15) is 0 Å². The van der Waals surface area contributed by atoms with E-state index in [9.17, 15) is 13.2 Å². The molecule has 4 fully saturated rings. The summed E-state index contributed by atoms with van der Waals surface area (Å²) >= 11 is 1.43. The Morgan fingerprint density at radius 1 is 1.10 bits per heavy atom. The van der Waals surface area contributed by atoms with Gasteiger partial charge in [-0.25, -0.2) is 8.42 Å². The Labute approximate surface area is 175 Å². The molecule has 160 valence electrons. The number of anilines is 1. The lowest BCUT2D eigenvalue weighted by Gasteiger charge is -2.28. The Morgan fingerprint density at radius 2 is 1.86 bits per heavy atom. The minimum absolute atomic E-state index is 0.0258. The molecule has 4 aliphatic rings. The van der Waals surface area contributed by atoms with Crippen LogP contribution in [-0.2, 0) is 19.4 Å². The minimum Gasteiger partial charge on any atom is -0.378 e. The molecular weight excluding hydrogens is 414 g/mol. The molecule has 29 heavy (non-hydrogen) atoms. The van der Waals surface area contributed by atoms with Crippen LogP contribution in [0.4, 0.5) is 5.95 Å². The fraction of sp³-hybridized carbons (Fsp3) is 0.833. The Kier molecular flexibility index (Phi) is 5.23. The predicted octanol–water partition coefficient (Wildman–Crippen LogP) is 0.720. The van der Waals surface area contributed by atoms with Crippen LogP contribution in [-0.4, -0.2) is 89.6 Å². The molecule has 1 aromatic rings. The van der Waals surface area contributed by atoms with Crippen molar-refractivity contribution in [2.75, 3.05) is 48.5 Å².